The molecule has 0 radical (unpaired) electrons. The number of aliphatic hydroxyl groups excluding tert-OH is 1. The fraction of sp³-hybridized carbons (Fsp3) is 0.212. The van der Waals surface area contributed by atoms with Crippen LogP contribution in [0.3, 0.4) is 0 Å². The van der Waals surface area contributed by atoms with Gasteiger partial charge in [-0.3, -0.25) is 14.7 Å². The van der Waals surface area contributed by atoms with Crippen LogP contribution in [0.25, 0.3) is 16.5 Å². The number of fused-ring (bicyclic) bond motifs is 3. The second-order valence-electron chi connectivity index (χ2n) is 11.6. The fourth-order valence-electron chi connectivity index (χ4n) is 5.72. The number of phenols is 1. The molecule has 2 aliphatic rings. The largest absolute Gasteiger partial charge is 0.506 e. The van der Waals surface area contributed by atoms with E-state index in [9.17, 15) is 28.6 Å². The number of sulfonamides is 1. The summed E-state index contributed by atoms with van der Waals surface area (Å²) in [5.41, 5.74) is -0.000524. The second kappa shape index (κ2) is 11.0. The van der Waals surface area contributed by atoms with Gasteiger partial charge in [0.05, 0.1) is 20.9 Å². The Morgan fingerprint density at radius 1 is 0.977 bits per heavy atom. The smallest absolute Gasteiger partial charge is 0.261 e. The van der Waals surface area contributed by atoms with Gasteiger partial charge in [-0.1, -0.05) is 68.4 Å². The molecular weight excluding hydrogens is 599 g/mol. The summed E-state index contributed by atoms with van der Waals surface area (Å²) in [6, 6.07) is 21.9. The van der Waals surface area contributed by atoms with E-state index in [4.69, 9.17) is 0 Å². The summed E-state index contributed by atoms with van der Waals surface area (Å²) in [7, 11) is -4.02. The van der Waals surface area contributed by atoms with Crippen molar-refractivity contribution in [1.82, 2.24) is 0 Å². The van der Waals surface area contributed by atoms with E-state index in [1.165, 1.54) is 18.2 Å². The van der Waals surface area contributed by atoms with E-state index < -0.39 is 27.0 Å². The van der Waals surface area contributed by atoms with Crippen LogP contribution in [0.5, 0.6) is 5.75 Å². The van der Waals surface area contributed by atoms with Crippen molar-refractivity contribution in [3.8, 4) is 5.75 Å². The van der Waals surface area contributed by atoms with E-state index in [1.54, 1.807) is 24.3 Å². The number of Topliss-reactive ketones (excluding diaryl/α,β-unsaturated/α-hetero) is 1. The normalized spacial score (nSPS) is 18.3. The number of carbonyl (C=O) groups excluding carboxylic acids is 1. The van der Waals surface area contributed by atoms with Crippen LogP contribution in [0.2, 0.25) is 0 Å². The van der Waals surface area contributed by atoms with Crippen molar-refractivity contribution >= 4 is 61.5 Å². The number of ketones is 1. The first-order valence-electron chi connectivity index (χ1n) is 14.1. The summed E-state index contributed by atoms with van der Waals surface area (Å²) in [5.74, 6) is -1.05. The highest BCUT2D eigenvalue weighted by atomic mass is 32.2. The highest BCUT2D eigenvalue weighted by Crippen LogP contribution is 2.48. The molecular formula is C33H31N3O6S2. The van der Waals surface area contributed by atoms with Gasteiger partial charge in [0.1, 0.15) is 22.8 Å². The van der Waals surface area contributed by atoms with Crippen molar-refractivity contribution in [3.05, 3.63) is 95.6 Å². The van der Waals surface area contributed by atoms with Crippen molar-refractivity contribution in [2.75, 3.05) is 9.79 Å². The number of benzene rings is 4. The van der Waals surface area contributed by atoms with Gasteiger partial charge in [0, 0.05) is 23.6 Å². The van der Waals surface area contributed by atoms with Crippen LogP contribution in [-0.4, -0.2) is 35.5 Å². The minimum atomic E-state index is -4.02. The number of phenolic OH excluding ortho intramolecular Hbond substituents is 1. The van der Waals surface area contributed by atoms with Crippen LogP contribution in [0.15, 0.2) is 98.6 Å². The Morgan fingerprint density at radius 2 is 1.68 bits per heavy atom. The van der Waals surface area contributed by atoms with Crippen LogP contribution >= 0.6 is 11.9 Å². The molecule has 0 unspecified atom stereocenters. The number of hydrogen-bond donors (Lipinski definition) is 4. The maximum absolute atomic E-state index is 14.1. The monoisotopic (exact) mass is 629 g/mol. The highest BCUT2D eigenvalue weighted by Gasteiger charge is 2.47. The molecule has 0 bridgehead atoms. The number of carbonyl (C=O) groups is 1. The Morgan fingerprint density at radius 3 is 2.43 bits per heavy atom. The van der Waals surface area contributed by atoms with Crippen molar-refractivity contribution in [3.63, 3.8) is 0 Å². The zero-order chi connectivity index (χ0) is 31.4. The van der Waals surface area contributed by atoms with E-state index in [0.717, 1.165) is 29.1 Å². The number of hydroxylamine groups is 1. The van der Waals surface area contributed by atoms with Crippen LogP contribution in [0.4, 0.5) is 11.4 Å². The van der Waals surface area contributed by atoms with E-state index >= 15 is 0 Å². The number of nitrogens with one attached hydrogen (secondary N) is 1. The van der Waals surface area contributed by atoms with E-state index in [0.29, 0.717) is 28.5 Å². The minimum Gasteiger partial charge on any atom is -0.506 e. The van der Waals surface area contributed by atoms with E-state index in [2.05, 4.69) is 23.0 Å². The lowest BCUT2D eigenvalue weighted by Gasteiger charge is -2.37. The SMILES string of the molecule is CC(C)CC[C@@]1(C)C(=O)C(C2=NSc3cc(NS(=O)(=O)c4ccc5ccccc5c4)cc(O)c3N2O)=C(O)c2ccccc21. The number of hydrogen-bond acceptors (Lipinski definition) is 9. The molecule has 1 aliphatic heterocycles. The molecule has 9 nitrogen and oxygen atoms in total. The predicted molar refractivity (Wildman–Crippen MR) is 173 cm³/mol. The fourth-order valence-corrected chi connectivity index (χ4v) is 7.60. The zero-order valence-corrected chi connectivity index (χ0v) is 25.9. The number of anilines is 2. The highest BCUT2D eigenvalue weighted by molar-refractivity contribution is 7.98. The van der Waals surface area contributed by atoms with Crippen LogP contribution < -0.4 is 9.79 Å². The van der Waals surface area contributed by atoms with Gasteiger partial charge in [-0.05, 0) is 60.2 Å². The Kier molecular flexibility index (Phi) is 7.43. The Labute approximate surface area is 259 Å². The molecule has 226 valence electrons. The number of rotatable bonds is 7. The minimum absolute atomic E-state index is 0.0455. The van der Waals surface area contributed by atoms with Gasteiger partial charge in [-0.2, -0.15) is 9.46 Å². The van der Waals surface area contributed by atoms with Crippen molar-refractivity contribution in [2.24, 2.45) is 10.3 Å². The maximum atomic E-state index is 14.1. The molecule has 44 heavy (non-hydrogen) atoms. The third-order valence-electron chi connectivity index (χ3n) is 8.17. The van der Waals surface area contributed by atoms with E-state index in [-0.39, 0.29) is 38.3 Å². The first kappa shape index (κ1) is 29.7. The van der Waals surface area contributed by atoms with Gasteiger partial charge in [0.2, 0.25) is 0 Å². The molecule has 0 fully saturated rings. The molecule has 11 heteroatoms. The lowest BCUT2D eigenvalue weighted by molar-refractivity contribution is -0.120. The molecule has 4 N–H and O–H groups in total. The molecule has 1 atom stereocenters. The number of aliphatic hydroxyl groups is 1. The Hall–Kier alpha value is -4.32. The summed E-state index contributed by atoms with van der Waals surface area (Å²) in [5, 5.41) is 35.9. The van der Waals surface area contributed by atoms with Crippen molar-refractivity contribution in [2.45, 2.75) is 48.8 Å². The summed E-state index contributed by atoms with van der Waals surface area (Å²) in [6.45, 7) is 5.98. The lowest BCUT2D eigenvalue weighted by Crippen LogP contribution is -2.44. The molecule has 1 aliphatic carbocycles. The third kappa shape index (κ3) is 5.00. The molecule has 4 aromatic carbocycles. The van der Waals surface area contributed by atoms with E-state index in [1.807, 2.05) is 43.3 Å². The average molecular weight is 630 g/mol. The summed E-state index contributed by atoms with van der Waals surface area (Å²) < 4.78 is 33.3. The third-order valence-corrected chi connectivity index (χ3v) is 10.3. The van der Waals surface area contributed by atoms with Gasteiger partial charge >= 0.3 is 0 Å². The first-order chi connectivity index (χ1) is 20.9. The van der Waals surface area contributed by atoms with Gasteiger partial charge in [0.25, 0.3) is 10.0 Å². The number of aromatic hydroxyl groups is 1. The van der Waals surface area contributed by atoms with Crippen LogP contribution in [-0.2, 0) is 20.2 Å². The molecule has 6 rings (SSSR count). The van der Waals surface area contributed by atoms with Gasteiger partial charge < -0.3 is 10.2 Å². The van der Waals surface area contributed by atoms with Crippen LogP contribution in [0.1, 0.15) is 44.7 Å². The quantitative estimate of drug-likeness (QED) is 0.157. The van der Waals surface area contributed by atoms with Crippen molar-refractivity contribution < 1.29 is 28.6 Å². The van der Waals surface area contributed by atoms with Gasteiger partial charge in [-0.15, -0.1) is 0 Å². The topological polar surface area (TPSA) is 140 Å². The van der Waals surface area contributed by atoms with Gasteiger partial charge in [-0.25, -0.2) is 8.42 Å². The Bertz CT molecular complexity index is 2000. The molecule has 0 saturated heterocycles. The molecule has 0 amide bonds. The van der Waals surface area contributed by atoms with Gasteiger partial charge in [0.15, 0.2) is 11.6 Å². The molecule has 0 spiro atoms. The maximum Gasteiger partial charge on any atom is 0.261 e. The summed E-state index contributed by atoms with van der Waals surface area (Å²) >= 11 is 0.844. The predicted octanol–water partition coefficient (Wildman–Crippen LogP) is 7.21. The number of amidine groups is 1. The second-order valence-corrected chi connectivity index (χ2v) is 14.1. The average Bonchev–Trinajstić information content (AvgIpc) is 2.99. The Balaban J connectivity index is 1.35. The van der Waals surface area contributed by atoms with Crippen LogP contribution in [0, 0.1) is 5.92 Å². The molecule has 4 aromatic rings. The number of nitrogens with zero attached hydrogens (tertiary/aromatic N) is 2. The zero-order valence-electron chi connectivity index (χ0n) is 24.3. The standard InChI is InChI=1S/C33H31N3O6S2/c1-19(2)14-15-33(3)25-11-7-6-10-24(25)30(38)28(31(33)39)32-34-43-27-18-22(17-26(37)29(27)36(32)40)35-44(41,42)23-13-12-20-8-4-5-9-21(20)16-23/h4-13,16-19,35,37-38,40H,14-15H2,1-3H3/t33-/m1/s1. The lowest BCUT2D eigenvalue weighted by atomic mass is 9.66. The molecule has 0 aromatic heterocycles. The van der Waals surface area contributed by atoms with Crippen molar-refractivity contribution in [1.29, 1.82) is 0 Å². The summed E-state index contributed by atoms with van der Waals surface area (Å²) in [6.07, 6.45) is 1.28. The first-order valence-corrected chi connectivity index (χ1v) is 16.4. The molecule has 0 saturated carbocycles. The molecule has 1 heterocycles. The summed E-state index contributed by atoms with van der Waals surface area (Å²) in [4.78, 5) is 14.4.